The number of hydrogen-bond acceptors (Lipinski definition) is 5. The number of aromatic nitrogens is 1. The number of carbonyl (C=O) groups is 2. The first-order valence-electron chi connectivity index (χ1n) is 7.36. The van der Waals surface area contributed by atoms with Gasteiger partial charge in [-0.3, -0.25) is 9.59 Å². The third-order valence-corrected chi connectivity index (χ3v) is 3.99. The third-order valence-electron chi connectivity index (χ3n) is 3.08. The van der Waals surface area contributed by atoms with Crippen molar-refractivity contribution in [3.63, 3.8) is 0 Å². The molecule has 1 aromatic carbocycles. The van der Waals surface area contributed by atoms with Crippen LogP contribution in [0.15, 0.2) is 29.6 Å². The largest absolute Gasteiger partial charge is 0.330 e. The lowest BCUT2D eigenvalue weighted by Gasteiger charge is -2.09. The Morgan fingerprint density at radius 1 is 1.17 bits per heavy atom. The summed E-state index contributed by atoms with van der Waals surface area (Å²) in [6.45, 7) is 4.17. The number of benzene rings is 1. The van der Waals surface area contributed by atoms with Gasteiger partial charge in [-0.05, 0) is 30.8 Å². The van der Waals surface area contributed by atoms with Gasteiger partial charge in [-0.15, -0.1) is 23.7 Å². The Bertz CT molecular complexity index is 686. The summed E-state index contributed by atoms with van der Waals surface area (Å²) in [6, 6.07) is 6.97. The highest BCUT2D eigenvalue weighted by molar-refractivity contribution is 7.09. The van der Waals surface area contributed by atoms with E-state index < -0.39 is 0 Å². The van der Waals surface area contributed by atoms with Gasteiger partial charge < -0.3 is 16.4 Å². The molecule has 0 unspecified atom stereocenters. The molecule has 0 aliphatic rings. The highest BCUT2D eigenvalue weighted by Gasteiger charge is 2.11. The minimum atomic E-state index is -0.261. The average molecular weight is 369 g/mol. The molecule has 0 saturated heterocycles. The van der Waals surface area contributed by atoms with Crippen LogP contribution in [-0.2, 0) is 11.2 Å². The molecule has 1 heterocycles. The zero-order valence-corrected chi connectivity index (χ0v) is 15.2. The van der Waals surface area contributed by atoms with E-state index in [4.69, 9.17) is 5.73 Å². The van der Waals surface area contributed by atoms with Crippen molar-refractivity contribution in [2.24, 2.45) is 11.7 Å². The molecular weight excluding hydrogens is 348 g/mol. The molecule has 0 spiro atoms. The van der Waals surface area contributed by atoms with E-state index in [9.17, 15) is 9.59 Å². The molecule has 0 radical (unpaired) electrons. The molecule has 6 nitrogen and oxygen atoms in total. The van der Waals surface area contributed by atoms with E-state index in [1.165, 1.54) is 11.3 Å². The SMILES string of the molecule is CC(C)C(=O)Nc1ccc(NC(=O)c2csc(CCN)n2)cc1.Cl. The normalized spacial score (nSPS) is 10.2. The maximum Gasteiger partial charge on any atom is 0.275 e. The fourth-order valence-corrected chi connectivity index (χ4v) is 2.57. The Morgan fingerprint density at radius 3 is 2.29 bits per heavy atom. The van der Waals surface area contributed by atoms with Gasteiger partial charge in [0.25, 0.3) is 5.91 Å². The maximum atomic E-state index is 12.1. The Kier molecular flexibility index (Phi) is 7.84. The van der Waals surface area contributed by atoms with Crippen molar-refractivity contribution in [2.75, 3.05) is 17.2 Å². The number of nitrogens with zero attached hydrogens (tertiary/aromatic N) is 1. The van der Waals surface area contributed by atoms with Gasteiger partial charge in [-0.25, -0.2) is 4.98 Å². The van der Waals surface area contributed by atoms with Crippen molar-refractivity contribution >= 4 is 46.9 Å². The van der Waals surface area contributed by atoms with E-state index in [-0.39, 0.29) is 30.1 Å². The number of anilines is 2. The fourth-order valence-electron chi connectivity index (χ4n) is 1.77. The zero-order valence-electron chi connectivity index (χ0n) is 13.5. The van der Waals surface area contributed by atoms with Crippen LogP contribution in [0.25, 0.3) is 0 Å². The molecule has 0 aliphatic heterocycles. The first-order valence-corrected chi connectivity index (χ1v) is 8.24. The number of hydrogen-bond donors (Lipinski definition) is 3. The summed E-state index contributed by atoms with van der Waals surface area (Å²) in [5.74, 6) is -0.387. The standard InChI is InChI=1S/C16H20N4O2S.ClH/c1-10(2)15(21)18-11-3-5-12(6-4-11)19-16(22)13-9-23-14(20-13)7-8-17;/h3-6,9-10H,7-8,17H2,1-2H3,(H,18,21)(H,19,22);1H. The summed E-state index contributed by atoms with van der Waals surface area (Å²) < 4.78 is 0. The molecule has 0 aliphatic carbocycles. The summed E-state index contributed by atoms with van der Waals surface area (Å²) in [6.07, 6.45) is 0.669. The summed E-state index contributed by atoms with van der Waals surface area (Å²) in [7, 11) is 0. The first kappa shape index (κ1) is 20.1. The van der Waals surface area contributed by atoms with E-state index in [1.54, 1.807) is 29.6 Å². The van der Waals surface area contributed by atoms with Gasteiger partial charge in [0, 0.05) is 29.1 Å². The molecule has 2 rings (SSSR count). The molecule has 0 saturated carbocycles. The molecule has 2 aromatic rings. The Hall–Kier alpha value is -1.96. The van der Waals surface area contributed by atoms with Crippen LogP contribution in [0.4, 0.5) is 11.4 Å². The van der Waals surface area contributed by atoms with Gasteiger partial charge in [-0.1, -0.05) is 13.8 Å². The van der Waals surface area contributed by atoms with Gasteiger partial charge in [0.15, 0.2) is 0 Å². The van der Waals surface area contributed by atoms with E-state index in [2.05, 4.69) is 15.6 Å². The molecule has 1 aromatic heterocycles. The number of thiazole rings is 1. The van der Waals surface area contributed by atoms with Crippen LogP contribution in [0.3, 0.4) is 0 Å². The Balaban J connectivity index is 0.00000288. The van der Waals surface area contributed by atoms with Crippen molar-refractivity contribution in [3.8, 4) is 0 Å². The van der Waals surface area contributed by atoms with E-state index in [1.807, 2.05) is 13.8 Å². The number of halogens is 1. The van der Waals surface area contributed by atoms with Gasteiger partial charge in [0.2, 0.25) is 5.91 Å². The van der Waals surface area contributed by atoms with Gasteiger partial charge in [0.05, 0.1) is 5.01 Å². The average Bonchev–Trinajstić information content (AvgIpc) is 2.98. The van der Waals surface area contributed by atoms with Gasteiger partial charge >= 0.3 is 0 Å². The summed E-state index contributed by atoms with van der Waals surface area (Å²) >= 11 is 1.43. The van der Waals surface area contributed by atoms with Crippen molar-refractivity contribution in [1.29, 1.82) is 0 Å². The van der Waals surface area contributed by atoms with Gasteiger partial charge in [0.1, 0.15) is 5.69 Å². The zero-order chi connectivity index (χ0) is 16.8. The summed E-state index contributed by atoms with van der Waals surface area (Å²) in [4.78, 5) is 28.0. The monoisotopic (exact) mass is 368 g/mol. The second-order valence-corrected chi connectivity index (χ2v) is 6.28. The predicted octanol–water partition coefficient (Wildman–Crippen LogP) is 2.91. The quantitative estimate of drug-likeness (QED) is 0.730. The number of amides is 2. The molecule has 4 N–H and O–H groups in total. The summed E-state index contributed by atoms with van der Waals surface area (Å²) in [5.41, 5.74) is 7.20. The maximum absolute atomic E-state index is 12.1. The van der Waals surface area contributed by atoms with Crippen LogP contribution in [0.2, 0.25) is 0 Å². The van der Waals surface area contributed by atoms with Crippen LogP contribution in [-0.4, -0.2) is 23.3 Å². The van der Waals surface area contributed by atoms with Crippen molar-refractivity contribution in [1.82, 2.24) is 4.98 Å². The lowest BCUT2D eigenvalue weighted by atomic mass is 10.2. The third kappa shape index (κ3) is 5.59. The lowest BCUT2D eigenvalue weighted by molar-refractivity contribution is -0.118. The van der Waals surface area contributed by atoms with E-state index in [0.29, 0.717) is 30.0 Å². The van der Waals surface area contributed by atoms with Gasteiger partial charge in [-0.2, -0.15) is 0 Å². The summed E-state index contributed by atoms with van der Waals surface area (Å²) in [5, 5.41) is 8.15. The molecular formula is C16H21ClN4O2S. The number of carbonyl (C=O) groups excluding carboxylic acids is 2. The molecule has 24 heavy (non-hydrogen) atoms. The lowest BCUT2D eigenvalue weighted by Crippen LogP contribution is -2.17. The molecule has 2 amide bonds. The minimum absolute atomic E-state index is 0. The molecule has 0 fully saturated rings. The second-order valence-electron chi connectivity index (χ2n) is 5.34. The van der Waals surface area contributed by atoms with Crippen molar-refractivity contribution in [2.45, 2.75) is 20.3 Å². The minimum Gasteiger partial charge on any atom is -0.330 e. The van der Waals surface area contributed by atoms with Crippen LogP contribution < -0.4 is 16.4 Å². The molecule has 130 valence electrons. The Labute approximate surface area is 151 Å². The van der Waals surface area contributed by atoms with Crippen LogP contribution in [0.5, 0.6) is 0 Å². The van der Waals surface area contributed by atoms with Crippen LogP contribution >= 0.6 is 23.7 Å². The molecule has 0 bridgehead atoms. The smallest absolute Gasteiger partial charge is 0.275 e. The van der Waals surface area contributed by atoms with E-state index in [0.717, 1.165) is 5.01 Å². The molecule has 0 atom stereocenters. The van der Waals surface area contributed by atoms with Crippen LogP contribution in [0.1, 0.15) is 29.3 Å². The predicted molar refractivity (Wildman–Crippen MR) is 100.0 cm³/mol. The molecule has 8 heteroatoms. The first-order chi connectivity index (χ1) is 11.0. The Morgan fingerprint density at radius 2 is 1.75 bits per heavy atom. The highest BCUT2D eigenvalue weighted by Crippen LogP contribution is 2.16. The highest BCUT2D eigenvalue weighted by atomic mass is 35.5. The number of rotatable bonds is 6. The van der Waals surface area contributed by atoms with Crippen molar-refractivity contribution < 1.29 is 9.59 Å². The fraction of sp³-hybridized carbons (Fsp3) is 0.312. The van der Waals surface area contributed by atoms with Crippen LogP contribution in [0, 0.1) is 5.92 Å². The van der Waals surface area contributed by atoms with Crippen molar-refractivity contribution in [3.05, 3.63) is 40.3 Å². The number of nitrogens with one attached hydrogen (secondary N) is 2. The second kappa shape index (κ2) is 9.36. The van der Waals surface area contributed by atoms with E-state index >= 15 is 0 Å². The number of nitrogens with two attached hydrogens (primary N) is 1. The topological polar surface area (TPSA) is 97.1 Å².